The molecule has 1 saturated heterocycles. The van der Waals surface area contributed by atoms with Gasteiger partial charge in [-0.3, -0.25) is 9.89 Å². The average molecular weight is 352 g/mol. The first-order valence-electron chi connectivity index (χ1n) is 9.07. The zero-order chi connectivity index (χ0) is 17.5. The Bertz CT molecular complexity index is 959. The molecule has 0 aromatic carbocycles. The number of hydrogen-bond acceptors (Lipinski definition) is 6. The maximum Gasteiger partial charge on any atom is 0.298 e. The Labute approximate surface area is 149 Å². The second-order valence-electron chi connectivity index (χ2n) is 6.98. The molecule has 3 aromatic rings. The van der Waals surface area contributed by atoms with Crippen LogP contribution in [0.15, 0.2) is 35.8 Å². The lowest BCUT2D eigenvalue weighted by molar-refractivity contribution is 0.240. The average Bonchev–Trinajstić information content (AvgIpc) is 3.25. The standard InChI is InChI=1S/C17H20N8O/c26-17-14(24-8-6-20-22-24)10-21-25(17)16-9-15(18-11-19-16)23-7-2-1-3-12-4-5-13(12)23/h6,8-13,21H,1-5,7H2/t12-,13?/m1/s1. The highest BCUT2D eigenvalue weighted by molar-refractivity contribution is 5.45. The van der Waals surface area contributed by atoms with Crippen LogP contribution < -0.4 is 10.5 Å². The maximum absolute atomic E-state index is 12.7. The molecule has 26 heavy (non-hydrogen) atoms. The van der Waals surface area contributed by atoms with Gasteiger partial charge in [0, 0.05) is 18.7 Å². The van der Waals surface area contributed by atoms with Gasteiger partial charge in [-0.25, -0.2) is 14.6 Å². The normalized spacial score (nSPS) is 22.5. The molecular formula is C17H20N8O. The van der Waals surface area contributed by atoms with E-state index in [1.807, 2.05) is 6.07 Å². The number of nitrogens with one attached hydrogen (secondary N) is 1. The van der Waals surface area contributed by atoms with E-state index in [0.717, 1.165) is 18.3 Å². The maximum atomic E-state index is 12.7. The third kappa shape index (κ3) is 2.42. The first-order valence-corrected chi connectivity index (χ1v) is 9.07. The molecule has 2 aliphatic rings. The summed E-state index contributed by atoms with van der Waals surface area (Å²) < 4.78 is 2.85. The van der Waals surface area contributed by atoms with Crippen LogP contribution in [0.4, 0.5) is 5.82 Å². The fourth-order valence-electron chi connectivity index (χ4n) is 4.09. The molecule has 0 radical (unpaired) electrons. The van der Waals surface area contributed by atoms with E-state index >= 15 is 0 Å². The van der Waals surface area contributed by atoms with E-state index in [1.54, 1.807) is 12.4 Å². The summed E-state index contributed by atoms with van der Waals surface area (Å²) in [4.78, 5) is 23.9. The Morgan fingerprint density at radius 1 is 1.12 bits per heavy atom. The van der Waals surface area contributed by atoms with Gasteiger partial charge in [-0.2, -0.15) is 4.68 Å². The van der Waals surface area contributed by atoms with Crippen LogP contribution in [0.2, 0.25) is 0 Å². The van der Waals surface area contributed by atoms with Crippen LogP contribution in [0.1, 0.15) is 32.1 Å². The molecule has 9 nitrogen and oxygen atoms in total. The molecule has 9 heteroatoms. The van der Waals surface area contributed by atoms with Crippen LogP contribution in [0.3, 0.4) is 0 Å². The minimum absolute atomic E-state index is 0.225. The fourth-order valence-corrected chi connectivity index (χ4v) is 4.09. The fraction of sp³-hybridized carbons (Fsp3) is 0.471. The van der Waals surface area contributed by atoms with Crippen molar-refractivity contribution in [3.8, 4) is 11.5 Å². The number of hydrogen-bond donors (Lipinski definition) is 1. The lowest BCUT2D eigenvalue weighted by Crippen LogP contribution is -2.46. The predicted octanol–water partition coefficient (Wildman–Crippen LogP) is 1.31. The van der Waals surface area contributed by atoms with Gasteiger partial charge in [0.2, 0.25) is 0 Å². The summed E-state index contributed by atoms with van der Waals surface area (Å²) in [7, 11) is 0. The second kappa shape index (κ2) is 6.08. The van der Waals surface area contributed by atoms with Gasteiger partial charge in [0.1, 0.15) is 12.1 Å². The smallest absolute Gasteiger partial charge is 0.298 e. The van der Waals surface area contributed by atoms with E-state index in [1.165, 1.54) is 54.0 Å². The zero-order valence-corrected chi connectivity index (χ0v) is 14.3. The summed E-state index contributed by atoms with van der Waals surface area (Å²) in [5.74, 6) is 2.21. The number of aromatic nitrogens is 7. The summed E-state index contributed by atoms with van der Waals surface area (Å²) in [6.45, 7) is 1.02. The first kappa shape index (κ1) is 15.3. The lowest BCUT2D eigenvalue weighted by Gasteiger charge is -2.43. The highest BCUT2D eigenvalue weighted by atomic mass is 16.1. The number of aromatic amines is 1. The summed E-state index contributed by atoms with van der Waals surface area (Å²) >= 11 is 0. The molecule has 0 bridgehead atoms. The van der Waals surface area contributed by atoms with Crippen LogP contribution in [0, 0.1) is 5.92 Å². The van der Waals surface area contributed by atoms with Gasteiger partial charge in [0.25, 0.3) is 5.56 Å². The van der Waals surface area contributed by atoms with Gasteiger partial charge in [0.05, 0.1) is 18.6 Å². The van der Waals surface area contributed by atoms with Crippen molar-refractivity contribution < 1.29 is 0 Å². The van der Waals surface area contributed by atoms with Crippen LogP contribution in [-0.4, -0.2) is 47.3 Å². The molecule has 4 heterocycles. The summed E-state index contributed by atoms with van der Waals surface area (Å²) in [5.41, 5.74) is 0.175. The molecule has 1 unspecified atom stereocenters. The van der Waals surface area contributed by atoms with Crippen molar-refractivity contribution in [2.75, 3.05) is 11.4 Å². The minimum Gasteiger partial charge on any atom is -0.353 e. The van der Waals surface area contributed by atoms with E-state index in [2.05, 4.69) is 30.3 Å². The van der Waals surface area contributed by atoms with Gasteiger partial charge >= 0.3 is 0 Å². The van der Waals surface area contributed by atoms with Crippen molar-refractivity contribution in [1.82, 2.24) is 34.7 Å². The highest BCUT2D eigenvalue weighted by Gasteiger charge is 2.37. The molecule has 2 atom stereocenters. The highest BCUT2D eigenvalue weighted by Crippen LogP contribution is 2.39. The Morgan fingerprint density at radius 2 is 2.04 bits per heavy atom. The number of nitrogens with zero attached hydrogens (tertiary/aromatic N) is 7. The van der Waals surface area contributed by atoms with Crippen molar-refractivity contribution >= 4 is 5.82 Å². The van der Waals surface area contributed by atoms with Gasteiger partial charge in [-0.05, 0) is 31.6 Å². The third-order valence-electron chi connectivity index (χ3n) is 5.59. The number of anilines is 1. The first-order chi connectivity index (χ1) is 12.8. The van der Waals surface area contributed by atoms with Crippen molar-refractivity contribution in [3.63, 3.8) is 0 Å². The third-order valence-corrected chi connectivity index (χ3v) is 5.59. The molecule has 0 spiro atoms. The van der Waals surface area contributed by atoms with E-state index < -0.39 is 0 Å². The lowest BCUT2D eigenvalue weighted by atomic mass is 9.76. The predicted molar refractivity (Wildman–Crippen MR) is 94.6 cm³/mol. The monoisotopic (exact) mass is 352 g/mol. The van der Waals surface area contributed by atoms with Crippen molar-refractivity contribution in [2.45, 2.75) is 38.1 Å². The second-order valence-corrected chi connectivity index (χ2v) is 6.98. The summed E-state index contributed by atoms with van der Waals surface area (Å²) in [5, 5.41) is 10.6. The van der Waals surface area contributed by atoms with Crippen LogP contribution in [-0.2, 0) is 0 Å². The van der Waals surface area contributed by atoms with Crippen LogP contribution in [0.5, 0.6) is 0 Å². The Morgan fingerprint density at radius 3 is 2.85 bits per heavy atom. The Balaban J connectivity index is 1.50. The molecule has 1 N–H and O–H groups in total. The van der Waals surface area contributed by atoms with Crippen LogP contribution >= 0.6 is 0 Å². The molecule has 5 rings (SSSR count). The SMILES string of the molecule is O=c1c(-n2ccnn2)c[nH]n1-c1cc(N2CCCC[C@@H]3CCC32)ncn1. The van der Waals surface area contributed by atoms with E-state index in [9.17, 15) is 4.79 Å². The topological polar surface area (TPSA) is 97.5 Å². The van der Waals surface area contributed by atoms with E-state index in [4.69, 9.17) is 0 Å². The zero-order valence-electron chi connectivity index (χ0n) is 14.3. The van der Waals surface area contributed by atoms with Gasteiger partial charge < -0.3 is 4.90 Å². The summed E-state index contributed by atoms with van der Waals surface area (Å²) in [6.07, 6.45) is 12.6. The number of rotatable bonds is 3. The van der Waals surface area contributed by atoms with Crippen molar-refractivity contribution in [1.29, 1.82) is 0 Å². The van der Waals surface area contributed by atoms with Crippen molar-refractivity contribution in [3.05, 3.63) is 41.3 Å². The largest absolute Gasteiger partial charge is 0.353 e. The minimum atomic E-state index is -0.225. The quantitative estimate of drug-likeness (QED) is 0.763. The Kier molecular flexibility index (Phi) is 3.58. The summed E-state index contributed by atoms with van der Waals surface area (Å²) in [6, 6.07) is 2.47. The van der Waals surface area contributed by atoms with E-state index in [0.29, 0.717) is 17.5 Å². The molecule has 2 fully saturated rings. The number of H-pyrrole nitrogens is 1. The van der Waals surface area contributed by atoms with Gasteiger partial charge in [0.15, 0.2) is 11.5 Å². The molecular weight excluding hydrogens is 332 g/mol. The van der Waals surface area contributed by atoms with Crippen LogP contribution in [0.25, 0.3) is 11.5 Å². The van der Waals surface area contributed by atoms with Crippen molar-refractivity contribution in [2.24, 2.45) is 5.92 Å². The molecule has 3 aromatic heterocycles. The van der Waals surface area contributed by atoms with Gasteiger partial charge in [-0.15, -0.1) is 5.10 Å². The molecule has 134 valence electrons. The molecule has 1 aliphatic carbocycles. The Hall–Kier alpha value is -2.97. The van der Waals surface area contributed by atoms with Gasteiger partial charge in [-0.1, -0.05) is 11.6 Å². The molecule has 1 aliphatic heterocycles. The number of fused-ring (bicyclic) bond motifs is 1. The van der Waals surface area contributed by atoms with E-state index in [-0.39, 0.29) is 5.56 Å². The molecule has 1 saturated carbocycles. The molecule has 0 amide bonds.